The summed E-state index contributed by atoms with van der Waals surface area (Å²) in [5.74, 6) is 0.862. The molecule has 1 aromatic carbocycles. The van der Waals surface area contributed by atoms with Crippen molar-refractivity contribution in [2.24, 2.45) is 5.92 Å². The third-order valence-electron chi connectivity index (χ3n) is 4.68. The highest BCUT2D eigenvalue weighted by Crippen LogP contribution is 2.42. The number of fused-ring (bicyclic) bond motifs is 1. The van der Waals surface area contributed by atoms with Gasteiger partial charge in [0.25, 0.3) is 0 Å². The number of piperidine rings is 1. The highest BCUT2D eigenvalue weighted by atomic mass is 32.1. The first-order chi connectivity index (χ1) is 9.90. The Kier molecular flexibility index (Phi) is 3.51. The monoisotopic (exact) mass is 286 g/mol. The van der Waals surface area contributed by atoms with E-state index in [1.807, 2.05) is 11.3 Å². The maximum Gasteiger partial charge on any atom is 0.0351 e. The summed E-state index contributed by atoms with van der Waals surface area (Å²) in [6.45, 7) is 2.33. The molecule has 1 unspecified atom stereocenters. The molecule has 1 saturated heterocycles. The molecule has 2 aliphatic rings. The van der Waals surface area contributed by atoms with E-state index in [-0.39, 0.29) is 0 Å². The molecule has 2 aromatic rings. The predicted octanol–water partition coefficient (Wildman–Crippen LogP) is 3.69. The zero-order chi connectivity index (χ0) is 13.4. The lowest BCUT2D eigenvalue weighted by molar-refractivity contribution is 0.333. The molecule has 3 heteroatoms. The number of thiophene rings is 1. The first-order valence-electron chi connectivity index (χ1n) is 7.84. The van der Waals surface area contributed by atoms with Crippen molar-refractivity contribution in [3.8, 4) is 0 Å². The van der Waals surface area contributed by atoms with E-state index in [9.17, 15) is 0 Å². The summed E-state index contributed by atoms with van der Waals surface area (Å²) >= 11 is 1.84. The first kappa shape index (κ1) is 12.8. The second kappa shape index (κ2) is 5.47. The predicted molar refractivity (Wildman–Crippen MR) is 86.3 cm³/mol. The van der Waals surface area contributed by atoms with Gasteiger partial charge in [-0.15, -0.1) is 11.3 Å². The van der Waals surface area contributed by atoms with Crippen molar-refractivity contribution in [3.63, 3.8) is 0 Å². The van der Waals surface area contributed by atoms with Crippen molar-refractivity contribution < 1.29 is 0 Å². The zero-order valence-electron chi connectivity index (χ0n) is 11.8. The maximum atomic E-state index is 3.95. The second-order valence-electron chi connectivity index (χ2n) is 6.22. The van der Waals surface area contributed by atoms with Gasteiger partial charge in [0.15, 0.2) is 0 Å². The van der Waals surface area contributed by atoms with E-state index in [1.165, 1.54) is 54.4 Å². The lowest BCUT2D eigenvalue weighted by atomic mass is 9.97. The molecule has 1 aliphatic carbocycles. The van der Waals surface area contributed by atoms with E-state index in [1.54, 1.807) is 0 Å². The van der Waals surface area contributed by atoms with E-state index in [0.29, 0.717) is 12.1 Å². The SMILES string of the molecule is c1cc2cc(C(NC3CCNCC3)C3CC3)ccc2s1. The molecular formula is C17H22N2S. The van der Waals surface area contributed by atoms with Gasteiger partial charge in [-0.1, -0.05) is 6.07 Å². The maximum absolute atomic E-state index is 3.95. The highest BCUT2D eigenvalue weighted by molar-refractivity contribution is 7.17. The molecule has 1 aromatic heterocycles. The number of hydrogen-bond donors (Lipinski definition) is 2. The molecule has 2 nitrogen and oxygen atoms in total. The van der Waals surface area contributed by atoms with Crippen molar-refractivity contribution in [3.05, 3.63) is 35.2 Å². The van der Waals surface area contributed by atoms with Gasteiger partial charge in [0.1, 0.15) is 0 Å². The summed E-state index contributed by atoms with van der Waals surface area (Å²) in [6.07, 6.45) is 5.32. The summed E-state index contributed by atoms with van der Waals surface area (Å²) in [4.78, 5) is 0. The van der Waals surface area contributed by atoms with Crippen molar-refractivity contribution in [2.75, 3.05) is 13.1 Å². The Morgan fingerprint density at radius 1 is 1.10 bits per heavy atom. The van der Waals surface area contributed by atoms with Gasteiger partial charge >= 0.3 is 0 Å². The van der Waals surface area contributed by atoms with Gasteiger partial charge in [-0.3, -0.25) is 0 Å². The topological polar surface area (TPSA) is 24.1 Å². The van der Waals surface area contributed by atoms with Crippen LogP contribution < -0.4 is 10.6 Å². The normalized spacial score (nSPS) is 22.2. The molecule has 4 rings (SSSR count). The number of hydrogen-bond acceptors (Lipinski definition) is 3. The fourth-order valence-electron chi connectivity index (χ4n) is 3.36. The van der Waals surface area contributed by atoms with Gasteiger partial charge in [0, 0.05) is 16.8 Å². The Morgan fingerprint density at radius 2 is 1.95 bits per heavy atom. The van der Waals surface area contributed by atoms with Crippen LogP contribution in [0.5, 0.6) is 0 Å². The van der Waals surface area contributed by atoms with Crippen LogP contribution in [0, 0.1) is 5.92 Å². The first-order valence-corrected chi connectivity index (χ1v) is 8.72. The number of rotatable bonds is 4. The quantitative estimate of drug-likeness (QED) is 0.895. The molecular weight excluding hydrogens is 264 g/mol. The average molecular weight is 286 g/mol. The van der Waals surface area contributed by atoms with Crippen molar-refractivity contribution in [1.29, 1.82) is 0 Å². The molecule has 2 heterocycles. The van der Waals surface area contributed by atoms with Crippen LogP contribution in [-0.4, -0.2) is 19.1 Å². The van der Waals surface area contributed by atoms with Crippen molar-refractivity contribution in [1.82, 2.24) is 10.6 Å². The van der Waals surface area contributed by atoms with Crippen LogP contribution in [0.2, 0.25) is 0 Å². The summed E-state index contributed by atoms with van der Waals surface area (Å²) in [7, 11) is 0. The fraction of sp³-hybridized carbons (Fsp3) is 0.529. The van der Waals surface area contributed by atoms with E-state index in [2.05, 4.69) is 40.3 Å². The minimum Gasteiger partial charge on any atom is -0.317 e. The summed E-state index contributed by atoms with van der Waals surface area (Å²) in [5.41, 5.74) is 1.50. The molecule has 0 spiro atoms. The summed E-state index contributed by atoms with van der Waals surface area (Å²) in [6, 6.07) is 10.6. The second-order valence-corrected chi connectivity index (χ2v) is 7.17. The lowest BCUT2D eigenvalue weighted by Crippen LogP contribution is -2.42. The van der Waals surface area contributed by atoms with Crippen LogP contribution in [0.25, 0.3) is 10.1 Å². The van der Waals surface area contributed by atoms with Gasteiger partial charge in [-0.2, -0.15) is 0 Å². The van der Waals surface area contributed by atoms with Crippen LogP contribution >= 0.6 is 11.3 Å². The minimum absolute atomic E-state index is 0.572. The molecule has 0 amide bonds. The van der Waals surface area contributed by atoms with Crippen LogP contribution in [0.3, 0.4) is 0 Å². The molecule has 1 saturated carbocycles. The molecule has 0 bridgehead atoms. The molecule has 2 fully saturated rings. The van der Waals surface area contributed by atoms with Gasteiger partial charge in [-0.05, 0) is 79.2 Å². The Balaban J connectivity index is 1.57. The van der Waals surface area contributed by atoms with Crippen LogP contribution in [0.4, 0.5) is 0 Å². The summed E-state index contributed by atoms with van der Waals surface area (Å²) in [5, 5.41) is 11.0. The Hall–Kier alpha value is -0.900. The van der Waals surface area contributed by atoms with Crippen LogP contribution in [0.1, 0.15) is 37.3 Å². The number of nitrogens with one attached hydrogen (secondary N) is 2. The van der Waals surface area contributed by atoms with Crippen molar-refractivity contribution >= 4 is 21.4 Å². The van der Waals surface area contributed by atoms with Crippen molar-refractivity contribution in [2.45, 2.75) is 37.8 Å². The Labute approximate surface area is 124 Å². The van der Waals surface area contributed by atoms with Gasteiger partial charge in [-0.25, -0.2) is 0 Å². The molecule has 2 N–H and O–H groups in total. The standard InChI is InChI=1S/C17H22N2S/c1-2-12(1)17(19-15-5-8-18-9-6-15)14-3-4-16-13(11-14)7-10-20-16/h3-4,7,10-12,15,17-19H,1-2,5-6,8-9H2. The molecule has 106 valence electrons. The van der Waals surface area contributed by atoms with Gasteiger partial charge < -0.3 is 10.6 Å². The smallest absolute Gasteiger partial charge is 0.0351 e. The summed E-state index contributed by atoms with van der Waals surface area (Å²) < 4.78 is 1.41. The molecule has 20 heavy (non-hydrogen) atoms. The lowest BCUT2D eigenvalue weighted by Gasteiger charge is -2.29. The highest BCUT2D eigenvalue weighted by Gasteiger charge is 2.33. The van der Waals surface area contributed by atoms with E-state index >= 15 is 0 Å². The third-order valence-corrected chi connectivity index (χ3v) is 5.58. The average Bonchev–Trinajstić information content (AvgIpc) is 3.22. The largest absolute Gasteiger partial charge is 0.317 e. The van der Waals surface area contributed by atoms with Crippen LogP contribution in [-0.2, 0) is 0 Å². The molecule has 1 aliphatic heterocycles. The molecule has 1 atom stereocenters. The Bertz CT molecular complexity index is 581. The van der Waals surface area contributed by atoms with E-state index in [4.69, 9.17) is 0 Å². The Morgan fingerprint density at radius 3 is 2.75 bits per heavy atom. The molecule has 0 radical (unpaired) electrons. The van der Waals surface area contributed by atoms with Gasteiger partial charge in [0.05, 0.1) is 0 Å². The zero-order valence-corrected chi connectivity index (χ0v) is 12.6. The fourth-order valence-corrected chi connectivity index (χ4v) is 4.13. The van der Waals surface area contributed by atoms with Gasteiger partial charge in [0.2, 0.25) is 0 Å². The third kappa shape index (κ3) is 2.62. The number of benzene rings is 1. The van der Waals surface area contributed by atoms with E-state index < -0.39 is 0 Å². The van der Waals surface area contributed by atoms with Crippen LogP contribution in [0.15, 0.2) is 29.6 Å². The minimum atomic E-state index is 0.572. The van der Waals surface area contributed by atoms with E-state index in [0.717, 1.165) is 5.92 Å².